The highest BCUT2D eigenvalue weighted by Gasteiger charge is 2.19. The van der Waals surface area contributed by atoms with Crippen molar-refractivity contribution < 1.29 is 12.8 Å². The van der Waals surface area contributed by atoms with Gasteiger partial charge in [0.1, 0.15) is 5.52 Å². The molecule has 126 valence electrons. The summed E-state index contributed by atoms with van der Waals surface area (Å²) in [7, 11) is -0.476. The molecule has 0 radical (unpaired) electrons. The molecule has 0 unspecified atom stereocenters. The van der Waals surface area contributed by atoms with E-state index in [1.165, 1.54) is 42.3 Å². The lowest BCUT2D eigenvalue weighted by atomic mass is 10.2. The van der Waals surface area contributed by atoms with Gasteiger partial charge < -0.3 is 4.42 Å². The van der Waals surface area contributed by atoms with Crippen molar-refractivity contribution in [3.05, 3.63) is 52.5 Å². The molecule has 5 nitrogen and oxygen atoms in total. The van der Waals surface area contributed by atoms with Crippen LogP contribution in [0, 0.1) is 0 Å². The van der Waals surface area contributed by atoms with Crippen LogP contribution in [0.4, 0.5) is 0 Å². The Labute approximate surface area is 153 Å². The van der Waals surface area contributed by atoms with Crippen molar-refractivity contribution >= 4 is 48.8 Å². The molecule has 8 heteroatoms. The van der Waals surface area contributed by atoms with Gasteiger partial charge in [0, 0.05) is 24.3 Å². The van der Waals surface area contributed by atoms with E-state index in [9.17, 15) is 8.42 Å². The molecule has 2 aromatic carbocycles. The Morgan fingerprint density at radius 2 is 2.00 bits per heavy atom. The molecule has 0 aliphatic rings. The predicted molar refractivity (Wildman–Crippen MR) is 98.6 cm³/mol. The number of rotatable bonds is 5. The summed E-state index contributed by atoms with van der Waals surface area (Å²) in [5.41, 5.74) is 2.26. The van der Waals surface area contributed by atoms with Crippen molar-refractivity contribution in [1.82, 2.24) is 9.29 Å². The Hall–Kier alpha value is -1.35. The first-order valence-corrected chi connectivity index (χ1v) is 10.3. The van der Waals surface area contributed by atoms with Crippen molar-refractivity contribution in [1.29, 1.82) is 0 Å². The fourth-order valence-corrected chi connectivity index (χ4v) is 4.24. The van der Waals surface area contributed by atoms with Gasteiger partial charge in [-0.05, 0) is 35.9 Å². The average Bonchev–Trinajstić information content (AvgIpc) is 2.94. The maximum Gasteiger partial charge on any atom is 0.257 e. The monoisotopic (exact) mass is 426 g/mol. The first-order chi connectivity index (χ1) is 11.4. The van der Waals surface area contributed by atoms with E-state index < -0.39 is 10.0 Å². The molecule has 24 heavy (non-hydrogen) atoms. The van der Waals surface area contributed by atoms with E-state index in [0.717, 1.165) is 15.8 Å². The molecule has 0 saturated heterocycles. The van der Waals surface area contributed by atoms with Crippen molar-refractivity contribution in [2.45, 2.75) is 15.9 Å². The van der Waals surface area contributed by atoms with Crippen LogP contribution >= 0.6 is 27.7 Å². The van der Waals surface area contributed by atoms with Crippen LogP contribution in [0.2, 0.25) is 0 Å². The second-order valence-corrected chi connectivity index (χ2v) is 9.31. The largest absolute Gasteiger partial charge is 0.431 e. The third-order valence-corrected chi connectivity index (χ3v) is 6.57. The number of hydrogen-bond donors (Lipinski definition) is 0. The number of nitrogens with zero attached hydrogens (tertiary/aromatic N) is 2. The van der Waals surface area contributed by atoms with E-state index in [2.05, 4.69) is 20.9 Å². The predicted octanol–water partition coefficient (Wildman–Crippen LogP) is 4.13. The zero-order valence-electron chi connectivity index (χ0n) is 13.1. The minimum atomic E-state index is -3.48. The highest BCUT2D eigenvalue weighted by molar-refractivity contribution is 9.10. The van der Waals surface area contributed by atoms with Crippen LogP contribution in [0.1, 0.15) is 5.56 Å². The van der Waals surface area contributed by atoms with Gasteiger partial charge in [0.05, 0.1) is 4.90 Å². The summed E-state index contributed by atoms with van der Waals surface area (Å²) in [5.74, 6) is 0.717. The minimum absolute atomic E-state index is 0.205. The molecule has 0 bridgehead atoms. The molecule has 0 saturated carbocycles. The molecule has 3 aromatic rings. The van der Waals surface area contributed by atoms with Crippen LogP contribution in [-0.2, 0) is 15.8 Å². The summed E-state index contributed by atoms with van der Waals surface area (Å²) >= 11 is 4.91. The topological polar surface area (TPSA) is 63.4 Å². The summed E-state index contributed by atoms with van der Waals surface area (Å²) in [6, 6.07) is 12.7. The Kier molecular flexibility index (Phi) is 5.00. The lowest BCUT2D eigenvalue weighted by molar-refractivity contribution is 0.489. The van der Waals surface area contributed by atoms with Crippen LogP contribution in [0.3, 0.4) is 0 Å². The normalized spacial score (nSPS) is 12.2. The number of hydrogen-bond acceptors (Lipinski definition) is 5. The van der Waals surface area contributed by atoms with Crippen LogP contribution in [0.15, 0.2) is 61.5 Å². The van der Waals surface area contributed by atoms with Crippen molar-refractivity contribution in [2.75, 3.05) is 14.1 Å². The van der Waals surface area contributed by atoms with Crippen LogP contribution in [0.25, 0.3) is 11.1 Å². The molecule has 0 aliphatic carbocycles. The van der Waals surface area contributed by atoms with E-state index in [0.29, 0.717) is 16.3 Å². The SMILES string of the molecule is CN(C)S(=O)(=O)c1ccc2oc(SCc3cccc(Br)c3)nc2c1. The molecule has 0 amide bonds. The Morgan fingerprint density at radius 3 is 2.71 bits per heavy atom. The number of sulfonamides is 1. The number of aromatic nitrogens is 1. The number of thioether (sulfide) groups is 1. The zero-order chi connectivity index (χ0) is 17.3. The summed E-state index contributed by atoms with van der Waals surface area (Å²) < 4.78 is 32.2. The van der Waals surface area contributed by atoms with Gasteiger partial charge in [-0.2, -0.15) is 0 Å². The summed E-state index contributed by atoms with van der Waals surface area (Å²) in [6.07, 6.45) is 0. The molecule has 1 heterocycles. The maximum atomic E-state index is 12.2. The summed E-state index contributed by atoms with van der Waals surface area (Å²) in [5, 5.41) is 0.518. The molecule has 3 rings (SSSR count). The van der Waals surface area contributed by atoms with Gasteiger partial charge >= 0.3 is 0 Å². The molecule has 0 N–H and O–H groups in total. The molecular weight excluding hydrogens is 412 g/mol. The second-order valence-electron chi connectivity index (χ2n) is 5.32. The van der Waals surface area contributed by atoms with E-state index in [1.54, 1.807) is 6.07 Å². The standard InChI is InChI=1S/C16H15BrN2O3S2/c1-19(2)24(20,21)13-6-7-15-14(9-13)18-16(22-15)23-10-11-4-3-5-12(17)8-11/h3-9H,10H2,1-2H3. The van der Waals surface area contributed by atoms with Gasteiger partial charge in [0.25, 0.3) is 5.22 Å². The highest BCUT2D eigenvalue weighted by Crippen LogP contribution is 2.28. The molecule has 1 aromatic heterocycles. The fraction of sp³-hybridized carbons (Fsp3) is 0.188. The molecule has 0 atom stereocenters. The van der Waals surface area contributed by atoms with Crippen molar-refractivity contribution in [3.63, 3.8) is 0 Å². The van der Waals surface area contributed by atoms with Crippen molar-refractivity contribution in [3.8, 4) is 0 Å². The van der Waals surface area contributed by atoms with Gasteiger partial charge in [-0.1, -0.05) is 39.8 Å². The average molecular weight is 427 g/mol. The first-order valence-electron chi connectivity index (χ1n) is 7.06. The van der Waals surface area contributed by atoms with Gasteiger partial charge in [-0.25, -0.2) is 17.7 Å². The van der Waals surface area contributed by atoms with Gasteiger partial charge in [0.2, 0.25) is 10.0 Å². The molecular formula is C16H15BrN2O3S2. The zero-order valence-corrected chi connectivity index (χ0v) is 16.3. The lowest BCUT2D eigenvalue weighted by Gasteiger charge is -2.10. The maximum absolute atomic E-state index is 12.2. The highest BCUT2D eigenvalue weighted by atomic mass is 79.9. The van der Waals surface area contributed by atoms with Crippen LogP contribution < -0.4 is 0 Å². The Balaban J connectivity index is 1.84. The third kappa shape index (κ3) is 3.66. The van der Waals surface area contributed by atoms with Gasteiger partial charge in [-0.3, -0.25) is 0 Å². The number of benzene rings is 2. The van der Waals surface area contributed by atoms with Crippen LogP contribution in [0.5, 0.6) is 0 Å². The van der Waals surface area contributed by atoms with Crippen LogP contribution in [-0.4, -0.2) is 31.8 Å². The Bertz CT molecular complexity index is 984. The quantitative estimate of drug-likeness (QED) is 0.573. The number of fused-ring (bicyclic) bond motifs is 1. The van der Waals surface area contributed by atoms with E-state index >= 15 is 0 Å². The van der Waals surface area contributed by atoms with Gasteiger partial charge in [0.15, 0.2) is 5.58 Å². The van der Waals surface area contributed by atoms with E-state index in [4.69, 9.17) is 4.42 Å². The minimum Gasteiger partial charge on any atom is -0.431 e. The third-order valence-electron chi connectivity index (χ3n) is 3.37. The fourth-order valence-electron chi connectivity index (χ4n) is 2.09. The first kappa shape index (κ1) is 17.5. The molecule has 0 aliphatic heterocycles. The molecule has 0 fully saturated rings. The van der Waals surface area contributed by atoms with E-state index in [-0.39, 0.29) is 4.90 Å². The smallest absolute Gasteiger partial charge is 0.257 e. The van der Waals surface area contributed by atoms with Crippen molar-refractivity contribution in [2.24, 2.45) is 0 Å². The van der Waals surface area contributed by atoms with E-state index in [1.807, 2.05) is 24.3 Å². The molecule has 0 spiro atoms. The summed E-state index contributed by atoms with van der Waals surface area (Å²) in [6.45, 7) is 0. The number of halogens is 1. The van der Waals surface area contributed by atoms with Gasteiger partial charge in [-0.15, -0.1) is 0 Å². The number of oxazole rings is 1. The summed E-state index contributed by atoms with van der Waals surface area (Å²) in [4.78, 5) is 4.59. The second kappa shape index (κ2) is 6.87. The lowest BCUT2D eigenvalue weighted by Crippen LogP contribution is -2.22. The Morgan fingerprint density at radius 1 is 1.21 bits per heavy atom.